The molecule has 228 valence electrons. The number of carbonyl (C=O) groups excluding carboxylic acids is 1. The van der Waals surface area contributed by atoms with Gasteiger partial charge in [-0.25, -0.2) is 17.4 Å². The van der Waals surface area contributed by atoms with E-state index in [1.807, 2.05) is 36.4 Å². The molecule has 2 aromatic carbocycles. The monoisotopic (exact) mass is 608 g/mol. The Kier molecular flexibility index (Phi) is 7.62. The van der Waals surface area contributed by atoms with Gasteiger partial charge in [-0.1, -0.05) is 50.3 Å². The Bertz CT molecular complexity index is 1930. The zero-order valence-electron chi connectivity index (χ0n) is 26.3. The number of nitrogens with zero attached hydrogens (tertiary/aromatic N) is 4. The molecule has 0 spiro atoms. The lowest BCUT2D eigenvalue weighted by Crippen LogP contribution is -2.38. The largest absolute Gasteiger partial charge is 0.345 e. The Morgan fingerprint density at radius 3 is 2.52 bits per heavy atom. The molecule has 0 saturated carbocycles. The second-order valence-corrected chi connectivity index (χ2v) is 15.1. The Morgan fingerprint density at radius 2 is 1.82 bits per heavy atom. The molecule has 8 heteroatoms. The van der Waals surface area contributed by atoms with Crippen LogP contribution in [0, 0.1) is 0 Å². The maximum absolute atomic E-state index is 14.6. The van der Waals surface area contributed by atoms with Crippen LogP contribution in [0.2, 0.25) is 0 Å². The average Bonchev–Trinajstić information content (AvgIpc) is 3.40. The van der Waals surface area contributed by atoms with E-state index >= 15 is 0 Å². The summed E-state index contributed by atoms with van der Waals surface area (Å²) in [6.07, 6.45) is 10.7. The highest BCUT2D eigenvalue weighted by atomic mass is 32.2. The van der Waals surface area contributed by atoms with Gasteiger partial charge >= 0.3 is 0 Å². The lowest BCUT2D eigenvalue weighted by atomic mass is 9.84. The number of hydrogen-bond acceptors (Lipinski definition) is 5. The summed E-state index contributed by atoms with van der Waals surface area (Å²) < 4.78 is 29.4. The molecule has 1 aliphatic heterocycles. The van der Waals surface area contributed by atoms with Gasteiger partial charge in [0.05, 0.1) is 0 Å². The van der Waals surface area contributed by atoms with Gasteiger partial charge in [0.2, 0.25) is 10.0 Å². The van der Waals surface area contributed by atoms with Crippen LogP contribution >= 0.6 is 0 Å². The number of rotatable bonds is 6. The van der Waals surface area contributed by atoms with Crippen LogP contribution in [0.3, 0.4) is 0 Å². The van der Waals surface area contributed by atoms with Crippen molar-refractivity contribution in [2.24, 2.45) is 0 Å². The van der Waals surface area contributed by atoms with E-state index in [4.69, 9.17) is 0 Å². The van der Waals surface area contributed by atoms with E-state index in [0.717, 1.165) is 47.2 Å². The Morgan fingerprint density at radius 1 is 1.07 bits per heavy atom. The van der Waals surface area contributed by atoms with Gasteiger partial charge in [-0.3, -0.25) is 4.79 Å². The molecule has 2 aromatic heterocycles. The molecule has 0 saturated heterocycles. The van der Waals surface area contributed by atoms with E-state index in [0.29, 0.717) is 23.5 Å². The SMILES string of the molecule is CC(C)c1cc(C2=CC(C)(S(=O)(=O)n3cc(-c4ccc(C(=O)N(C)C)cc4)c4cccnc43)CC=C2)cc2c1CCN(C)C2. The Balaban J connectivity index is 1.43. The second kappa shape index (κ2) is 11.2. The van der Waals surface area contributed by atoms with E-state index in [-0.39, 0.29) is 5.91 Å². The summed E-state index contributed by atoms with van der Waals surface area (Å²) in [5.41, 5.74) is 8.62. The molecule has 44 heavy (non-hydrogen) atoms. The number of benzene rings is 2. The number of amides is 1. The van der Waals surface area contributed by atoms with E-state index in [9.17, 15) is 13.2 Å². The maximum atomic E-state index is 14.6. The van der Waals surface area contributed by atoms with Crippen LogP contribution in [-0.4, -0.2) is 65.5 Å². The van der Waals surface area contributed by atoms with E-state index in [1.165, 1.54) is 25.6 Å². The van der Waals surface area contributed by atoms with Crippen molar-refractivity contribution in [1.82, 2.24) is 18.8 Å². The molecular weight excluding hydrogens is 568 g/mol. The van der Waals surface area contributed by atoms with Crippen molar-refractivity contribution >= 4 is 32.5 Å². The quantitative estimate of drug-likeness (QED) is 0.250. The third kappa shape index (κ3) is 5.10. The summed E-state index contributed by atoms with van der Waals surface area (Å²) in [5.74, 6) is 0.289. The van der Waals surface area contributed by atoms with Gasteiger partial charge in [0.25, 0.3) is 5.91 Å². The fourth-order valence-electron chi connectivity index (χ4n) is 6.49. The first-order valence-electron chi connectivity index (χ1n) is 15.2. The van der Waals surface area contributed by atoms with E-state index in [1.54, 1.807) is 45.5 Å². The van der Waals surface area contributed by atoms with Crippen molar-refractivity contribution in [3.63, 3.8) is 0 Å². The van der Waals surface area contributed by atoms with Crippen LogP contribution in [0.25, 0.3) is 27.7 Å². The Hall–Kier alpha value is -4.01. The van der Waals surface area contributed by atoms with Crippen LogP contribution in [0.1, 0.15) is 65.7 Å². The van der Waals surface area contributed by atoms with Gasteiger partial charge in [-0.05, 0) is 96.5 Å². The summed E-state index contributed by atoms with van der Waals surface area (Å²) in [6.45, 7) is 8.20. The first-order valence-corrected chi connectivity index (χ1v) is 16.6. The molecule has 0 radical (unpaired) electrons. The molecule has 0 fully saturated rings. The highest BCUT2D eigenvalue weighted by Crippen LogP contribution is 2.40. The molecule has 3 heterocycles. The molecular formula is C36H40N4O3S. The zero-order valence-corrected chi connectivity index (χ0v) is 27.1. The first-order chi connectivity index (χ1) is 20.9. The Labute approximate surface area is 260 Å². The number of allylic oxidation sites excluding steroid dienone is 3. The smallest absolute Gasteiger partial charge is 0.253 e. The minimum absolute atomic E-state index is 0.0874. The fraction of sp³-hybridized carbons (Fsp3) is 0.333. The normalized spacial score (nSPS) is 18.8. The first kappa shape index (κ1) is 30.0. The number of hydrogen-bond donors (Lipinski definition) is 0. The molecule has 0 N–H and O–H groups in total. The number of pyridine rings is 1. The predicted octanol–water partition coefficient (Wildman–Crippen LogP) is 6.50. The van der Waals surface area contributed by atoms with Crippen LogP contribution in [0.4, 0.5) is 0 Å². The third-order valence-electron chi connectivity index (χ3n) is 9.03. The predicted molar refractivity (Wildman–Crippen MR) is 178 cm³/mol. The topological polar surface area (TPSA) is 75.5 Å². The molecule has 4 aromatic rings. The van der Waals surface area contributed by atoms with Crippen LogP contribution < -0.4 is 0 Å². The van der Waals surface area contributed by atoms with Gasteiger partial charge < -0.3 is 9.80 Å². The number of likely N-dealkylation sites (N-methyl/N-ethyl adjacent to an activating group) is 1. The van der Waals surface area contributed by atoms with Gasteiger partial charge in [0.1, 0.15) is 4.75 Å². The minimum atomic E-state index is -3.94. The number of fused-ring (bicyclic) bond motifs is 2. The highest BCUT2D eigenvalue weighted by Gasteiger charge is 2.41. The van der Waals surface area contributed by atoms with Crippen molar-refractivity contribution in [2.45, 2.75) is 50.8 Å². The minimum Gasteiger partial charge on any atom is -0.345 e. The number of aromatic nitrogens is 2. The van der Waals surface area contributed by atoms with Crippen LogP contribution in [0.15, 0.2) is 79.2 Å². The zero-order chi connectivity index (χ0) is 31.4. The third-order valence-corrected chi connectivity index (χ3v) is 11.3. The fourth-order valence-corrected chi connectivity index (χ4v) is 8.14. The summed E-state index contributed by atoms with van der Waals surface area (Å²) in [7, 11) is 1.64. The van der Waals surface area contributed by atoms with Crippen LogP contribution in [0.5, 0.6) is 0 Å². The molecule has 0 bridgehead atoms. The van der Waals surface area contributed by atoms with Gasteiger partial charge in [-0.2, -0.15) is 0 Å². The van der Waals surface area contributed by atoms with Crippen molar-refractivity contribution < 1.29 is 13.2 Å². The van der Waals surface area contributed by atoms with Crippen molar-refractivity contribution in [3.05, 3.63) is 107 Å². The molecule has 1 aliphatic carbocycles. The molecule has 6 rings (SSSR count). The summed E-state index contributed by atoms with van der Waals surface area (Å²) >= 11 is 0. The summed E-state index contributed by atoms with van der Waals surface area (Å²) in [6, 6.07) is 15.5. The standard InChI is InChI=1S/C36H40N4O3S/c1-24(2)32-20-28(19-29-22-39(6)18-15-30(29)32)27-9-7-16-36(3,21-27)44(42,43)40-23-33(31-10-8-17-37-34(31)40)25-11-13-26(14-12-25)35(41)38(4)5/h7-14,17,19-21,23-24H,15-16,18,22H2,1-6H3. The van der Waals surface area contributed by atoms with E-state index in [2.05, 4.69) is 49.0 Å². The van der Waals surface area contributed by atoms with E-state index < -0.39 is 14.8 Å². The van der Waals surface area contributed by atoms with Crippen LogP contribution in [-0.2, 0) is 23.0 Å². The molecule has 1 atom stereocenters. The second-order valence-electron chi connectivity index (χ2n) is 12.9. The molecule has 1 amide bonds. The van der Waals surface area contributed by atoms with Crippen molar-refractivity contribution in [2.75, 3.05) is 27.7 Å². The molecule has 7 nitrogen and oxygen atoms in total. The maximum Gasteiger partial charge on any atom is 0.253 e. The van der Waals surface area contributed by atoms with Gasteiger partial charge in [-0.15, -0.1) is 0 Å². The molecule has 2 aliphatic rings. The van der Waals surface area contributed by atoms with Gasteiger partial charge in [0, 0.05) is 56.1 Å². The highest BCUT2D eigenvalue weighted by molar-refractivity contribution is 7.91. The lowest BCUT2D eigenvalue weighted by molar-refractivity contribution is 0.0827. The van der Waals surface area contributed by atoms with Gasteiger partial charge in [0.15, 0.2) is 5.65 Å². The summed E-state index contributed by atoms with van der Waals surface area (Å²) in [5, 5.41) is 0.738. The summed E-state index contributed by atoms with van der Waals surface area (Å²) in [4.78, 5) is 20.8. The number of carbonyl (C=O) groups is 1. The average molecular weight is 609 g/mol. The molecule has 1 unspecified atom stereocenters. The lowest BCUT2D eigenvalue weighted by Gasteiger charge is -2.31. The van der Waals surface area contributed by atoms with Crippen molar-refractivity contribution in [3.8, 4) is 11.1 Å². The van der Waals surface area contributed by atoms with Crippen molar-refractivity contribution in [1.29, 1.82) is 0 Å².